The fourth-order valence-corrected chi connectivity index (χ4v) is 1.46. The van der Waals surface area contributed by atoms with Crippen molar-refractivity contribution in [1.82, 2.24) is 10.6 Å². The Hall–Kier alpha value is -0.320. The molecule has 1 atom stereocenters. The molecule has 0 aromatic carbocycles. The minimum atomic E-state index is -0.318. The Kier molecular flexibility index (Phi) is 8.61. The van der Waals surface area contributed by atoms with E-state index in [0.29, 0.717) is 12.5 Å². The highest BCUT2D eigenvalue weighted by Gasteiger charge is 2.09. The molecule has 1 rings (SSSR count). The van der Waals surface area contributed by atoms with Gasteiger partial charge in [0.15, 0.2) is 0 Å². The van der Waals surface area contributed by atoms with E-state index in [9.17, 15) is 4.79 Å². The fourth-order valence-electron chi connectivity index (χ4n) is 1.19. The number of nitrogens with one attached hydrogen (secondary N) is 2. The van der Waals surface area contributed by atoms with Crippen LogP contribution in [0.2, 0.25) is 0 Å². The Labute approximate surface area is 103 Å². The predicted octanol–water partition coefficient (Wildman–Crippen LogP) is 1.13. The molecule has 0 amide bonds. The van der Waals surface area contributed by atoms with Gasteiger partial charge < -0.3 is 15.4 Å². The van der Waals surface area contributed by atoms with Crippen LogP contribution in [-0.4, -0.2) is 43.6 Å². The van der Waals surface area contributed by atoms with Crippen molar-refractivity contribution in [1.29, 1.82) is 0 Å². The fraction of sp³-hybridized carbons (Fsp3) is 0.909. The van der Waals surface area contributed by atoms with Crippen LogP contribution < -0.4 is 10.6 Å². The third-order valence-corrected chi connectivity index (χ3v) is 2.20. The van der Waals surface area contributed by atoms with Gasteiger partial charge in [0, 0.05) is 31.6 Å². The van der Waals surface area contributed by atoms with E-state index in [4.69, 9.17) is 11.6 Å². The van der Waals surface area contributed by atoms with E-state index in [1.54, 1.807) is 0 Å². The van der Waals surface area contributed by atoms with Crippen molar-refractivity contribution in [3.63, 3.8) is 0 Å². The molecule has 96 valence electrons. The van der Waals surface area contributed by atoms with Gasteiger partial charge in [0.05, 0.1) is 0 Å². The minimum absolute atomic E-state index is 0.318. The lowest BCUT2D eigenvalue weighted by molar-refractivity contribution is -0.138. The molecular weight excluding hydrogens is 228 g/mol. The number of carbonyl (C=O) groups is 1. The van der Waals surface area contributed by atoms with Gasteiger partial charge in [0.25, 0.3) is 6.47 Å². The van der Waals surface area contributed by atoms with E-state index in [1.165, 1.54) is 0 Å². The first-order chi connectivity index (χ1) is 7.49. The summed E-state index contributed by atoms with van der Waals surface area (Å²) >= 11 is 5.57. The smallest absolute Gasteiger partial charge is 0.293 e. The molecule has 1 aliphatic heterocycles. The van der Waals surface area contributed by atoms with Crippen LogP contribution >= 0.6 is 11.6 Å². The van der Waals surface area contributed by atoms with Gasteiger partial charge in [-0.2, -0.15) is 0 Å². The summed E-state index contributed by atoms with van der Waals surface area (Å²) in [4.78, 5) is 9.60. The van der Waals surface area contributed by atoms with Crippen molar-refractivity contribution in [2.45, 2.75) is 38.8 Å². The van der Waals surface area contributed by atoms with Gasteiger partial charge in [-0.05, 0) is 27.2 Å². The van der Waals surface area contributed by atoms with Gasteiger partial charge in [0.1, 0.15) is 5.60 Å². The van der Waals surface area contributed by atoms with Crippen LogP contribution in [0.4, 0.5) is 0 Å². The Morgan fingerprint density at radius 1 is 1.44 bits per heavy atom. The zero-order chi connectivity index (χ0) is 12.4. The molecule has 1 aliphatic rings. The van der Waals surface area contributed by atoms with Crippen LogP contribution in [0.15, 0.2) is 0 Å². The summed E-state index contributed by atoms with van der Waals surface area (Å²) in [6.07, 6.45) is 1.08. The lowest BCUT2D eigenvalue weighted by Gasteiger charge is -2.23. The first kappa shape index (κ1) is 15.7. The first-order valence-electron chi connectivity index (χ1n) is 5.61. The quantitative estimate of drug-likeness (QED) is 0.583. The monoisotopic (exact) mass is 250 g/mol. The largest absolute Gasteiger partial charge is 0.462 e. The molecule has 1 fully saturated rings. The zero-order valence-electron chi connectivity index (χ0n) is 10.4. The van der Waals surface area contributed by atoms with Crippen LogP contribution in [-0.2, 0) is 9.53 Å². The second-order valence-corrected chi connectivity index (χ2v) is 5.04. The number of rotatable bonds is 3. The van der Waals surface area contributed by atoms with E-state index < -0.39 is 0 Å². The van der Waals surface area contributed by atoms with Crippen molar-refractivity contribution in [3.8, 4) is 0 Å². The Morgan fingerprint density at radius 2 is 2.12 bits per heavy atom. The predicted molar refractivity (Wildman–Crippen MR) is 66.9 cm³/mol. The minimum Gasteiger partial charge on any atom is -0.462 e. The molecule has 0 bridgehead atoms. The summed E-state index contributed by atoms with van der Waals surface area (Å²) < 4.78 is 4.55. The molecule has 0 saturated carbocycles. The molecular formula is C11H23ClN2O2. The van der Waals surface area contributed by atoms with Crippen LogP contribution in [0.25, 0.3) is 0 Å². The zero-order valence-corrected chi connectivity index (χ0v) is 11.1. The van der Waals surface area contributed by atoms with E-state index in [2.05, 4.69) is 15.4 Å². The average Bonchev–Trinajstić information content (AvgIpc) is 2.19. The SMILES string of the molecule is CC(C)(C)OC=O.ClCCC1CNCCN1. The summed E-state index contributed by atoms with van der Waals surface area (Å²) in [5, 5.41) is 6.67. The van der Waals surface area contributed by atoms with Crippen molar-refractivity contribution < 1.29 is 9.53 Å². The molecule has 5 heteroatoms. The maximum Gasteiger partial charge on any atom is 0.293 e. The van der Waals surface area contributed by atoms with Gasteiger partial charge in [-0.1, -0.05) is 0 Å². The summed E-state index contributed by atoms with van der Waals surface area (Å²) in [5.74, 6) is 0.763. The number of hydrogen-bond donors (Lipinski definition) is 2. The number of hydrogen-bond acceptors (Lipinski definition) is 4. The molecule has 0 aromatic rings. The van der Waals surface area contributed by atoms with Crippen molar-refractivity contribution in [2.75, 3.05) is 25.5 Å². The first-order valence-corrected chi connectivity index (χ1v) is 6.14. The summed E-state index contributed by atoms with van der Waals surface area (Å²) in [6.45, 7) is 9.18. The summed E-state index contributed by atoms with van der Waals surface area (Å²) in [6, 6.07) is 0.608. The number of piperazine rings is 1. The highest BCUT2D eigenvalue weighted by atomic mass is 35.5. The topological polar surface area (TPSA) is 50.4 Å². The highest BCUT2D eigenvalue weighted by molar-refractivity contribution is 6.17. The molecule has 1 heterocycles. The van der Waals surface area contributed by atoms with Crippen LogP contribution in [0.3, 0.4) is 0 Å². The maximum absolute atomic E-state index is 9.60. The summed E-state index contributed by atoms with van der Waals surface area (Å²) in [5.41, 5.74) is -0.318. The molecule has 1 unspecified atom stereocenters. The third-order valence-electron chi connectivity index (χ3n) is 1.98. The van der Waals surface area contributed by atoms with Crippen molar-refractivity contribution >= 4 is 18.1 Å². The number of halogens is 1. The standard InChI is InChI=1S/C6H13ClN2.C5H10O2/c7-2-1-6-5-8-3-4-9-6;1-5(2,3)7-4-6/h6,8-9H,1-5H2;4H,1-3H3. The number of alkyl halides is 1. The van der Waals surface area contributed by atoms with Crippen LogP contribution in [0.5, 0.6) is 0 Å². The second-order valence-electron chi connectivity index (χ2n) is 4.66. The van der Waals surface area contributed by atoms with E-state index in [0.717, 1.165) is 31.9 Å². The van der Waals surface area contributed by atoms with Gasteiger partial charge in [0.2, 0.25) is 0 Å². The normalized spacial score (nSPS) is 20.6. The molecule has 4 nitrogen and oxygen atoms in total. The number of carbonyl (C=O) groups excluding carboxylic acids is 1. The van der Waals surface area contributed by atoms with E-state index in [1.807, 2.05) is 20.8 Å². The maximum atomic E-state index is 9.60. The molecule has 0 aromatic heterocycles. The molecule has 16 heavy (non-hydrogen) atoms. The van der Waals surface area contributed by atoms with Crippen LogP contribution in [0.1, 0.15) is 27.2 Å². The molecule has 0 aliphatic carbocycles. The van der Waals surface area contributed by atoms with Crippen LogP contribution in [0, 0.1) is 0 Å². The van der Waals surface area contributed by atoms with Gasteiger partial charge in [-0.15, -0.1) is 11.6 Å². The Bertz CT molecular complexity index is 175. The summed E-state index contributed by atoms with van der Waals surface area (Å²) in [7, 11) is 0. The van der Waals surface area contributed by atoms with Crippen molar-refractivity contribution in [3.05, 3.63) is 0 Å². The molecule has 0 radical (unpaired) electrons. The van der Waals surface area contributed by atoms with Gasteiger partial charge in [-0.3, -0.25) is 4.79 Å². The highest BCUT2D eigenvalue weighted by Crippen LogP contribution is 2.02. The molecule has 2 N–H and O–H groups in total. The van der Waals surface area contributed by atoms with Gasteiger partial charge >= 0.3 is 0 Å². The Morgan fingerprint density at radius 3 is 2.44 bits per heavy atom. The lowest BCUT2D eigenvalue weighted by Crippen LogP contribution is -2.48. The van der Waals surface area contributed by atoms with Crippen molar-refractivity contribution in [2.24, 2.45) is 0 Å². The number of ether oxygens (including phenoxy) is 1. The Balaban J connectivity index is 0.000000293. The lowest BCUT2D eigenvalue weighted by atomic mass is 10.2. The molecule has 1 saturated heterocycles. The second kappa shape index (κ2) is 8.79. The van der Waals surface area contributed by atoms with E-state index >= 15 is 0 Å². The van der Waals surface area contributed by atoms with E-state index in [-0.39, 0.29) is 5.60 Å². The average molecular weight is 251 g/mol. The van der Waals surface area contributed by atoms with Gasteiger partial charge in [-0.25, -0.2) is 0 Å². The molecule has 0 spiro atoms. The third kappa shape index (κ3) is 10.2.